The van der Waals surface area contributed by atoms with Crippen molar-refractivity contribution in [1.29, 1.82) is 0 Å². The number of ether oxygens (including phenoxy) is 2. The Kier molecular flexibility index (Phi) is 17.9. The fourth-order valence-corrected chi connectivity index (χ4v) is 5.92. The van der Waals surface area contributed by atoms with E-state index < -0.39 is 50.1 Å². The van der Waals surface area contributed by atoms with Gasteiger partial charge in [0.1, 0.15) is 24.2 Å². The monoisotopic (exact) mass is 785 g/mol. The number of anilines is 2. The molecule has 2 aromatic rings. The molecule has 0 saturated heterocycles. The second kappa shape index (κ2) is 21.0. The SMILES string of the molecule is C#CC(C)Oc1cc(N2C(=O)C3=C(CCCC3)C2=O)c(F)cc1Cl.CCOCN(C(=O)CCl)c1c(C)cccc1CC.O=C(O)CNCP(=O)(O)O. The molecule has 1 aliphatic heterocycles. The van der Waals surface area contributed by atoms with Crippen LogP contribution < -0.4 is 19.9 Å². The highest BCUT2D eigenvalue weighted by atomic mass is 35.5. The summed E-state index contributed by atoms with van der Waals surface area (Å²) in [6.07, 6.45) is 7.74. The summed E-state index contributed by atoms with van der Waals surface area (Å²) < 4.78 is 35.2. The number of hydrogen-bond donors (Lipinski definition) is 4. The van der Waals surface area contributed by atoms with Crippen molar-refractivity contribution < 1.29 is 52.5 Å². The van der Waals surface area contributed by atoms with Crippen molar-refractivity contribution in [3.05, 3.63) is 63.4 Å². The second-order valence-electron chi connectivity index (χ2n) is 11.4. The molecule has 17 heteroatoms. The van der Waals surface area contributed by atoms with Crippen LogP contribution >= 0.6 is 30.8 Å². The largest absolute Gasteiger partial charge is 0.480 e. The first-order valence-corrected chi connectivity index (χ1v) is 18.9. The van der Waals surface area contributed by atoms with Gasteiger partial charge in [-0.05, 0) is 70.1 Å². The summed E-state index contributed by atoms with van der Waals surface area (Å²) in [4.78, 5) is 65.7. The molecule has 1 heterocycles. The number of imide groups is 1. The van der Waals surface area contributed by atoms with Gasteiger partial charge in [-0.1, -0.05) is 42.6 Å². The quantitative estimate of drug-likeness (QED) is 0.0658. The molecule has 13 nitrogen and oxygen atoms in total. The molecule has 0 spiro atoms. The van der Waals surface area contributed by atoms with Gasteiger partial charge >= 0.3 is 13.6 Å². The Morgan fingerprint density at radius 2 is 1.77 bits per heavy atom. The molecule has 0 aromatic heterocycles. The Labute approximate surface area is 312 Å². The first-order chi connectivity index (χ1) is 24.5. The minimum atomic E-state index is -4.10. The summed E-state index contributed by atoms with van der Waals surface area (Å²) in [5.41, 5.74) is 3.93. The van der Waals surface area contributed by atoms with Crippen LogP contribution in [0.3, 0.4) is 0 Å². The molecule has 1 aliphatic carbocycles. The summed E-state index contributed by atoms with van der Waals surface area (Å²) in [5, 5.41) is 10.1. The fraction of sp³-hybridized carbons (Fsp3) is 0.429. The predicted octanol–water partition coefficient (Wildman–Crippen LogP) is 5.54. The van der Waals surface area contributed by atoms with Gasteiger partial charge in [-0.15, -0.1) is 18.0 Å². The van der Waals surface area contributed by atoms with E-state index in [-0.39, 0.29) is 35.0 Å². The molecule has 284 valence electrons. The van der Waals surface area contributed by atoms with Gasteiger partial charge in [-0.3, -0.25) is 34.0 Å². The predicted molar refractivity (Wildman–Crippen MR) is 196 cm³/mol. The first-order valence-electron chi connectivity index (χ1n) is 16.2. The molecule has 0 fully saturated rings. The van der Waals surface area contributed by atoms with E-state index in [2.05, 4.69) is 18.2 Å². The number of nitrogens with zero attached hydrogens (tertiary/aromatic N) is 2. The van der Waals surface area contributed by atoms with Crippen LogP contribution in [0.4, 0.5) is 15.8 Å². The Balaban J connectivity index is 0.000000295. The van der Waals surface area contributed by atoms with Gasteiger partial charge in [-0.25, -0.2) is 9.29 Å². The van der Waals surface area contributed by atoms with E-state index in [0.29, 0.717) is 30.6 Å². The molecule has 2 aliphatic rings. The summed E-state index contributed by atoms with van der Waals surface area (Å²) in [6, 6.07) is 8.30. The van der Waals surface area contributed by atoms with Crippen LogP contribution in [0.5, 0.6) is 5.75 Å². The van der Waals surface area contributed by atoms with Crippen LogP contribution in [0, 0.1) is 25.1 Å². The first kappa shape index (κ1) is 44.4. The topological polar surface area (TPSA) is 183 Å². The summed E-state index contributed by atoms with van der Waals surface area (Å²) in [6.45, 7) is 7.98. The minimum absolute atomic E-state index is 0.0233. The Bertz CT molecular complexity index is 1720. The number of carbonyl (C=O) groups is 4. The number of rotatable bonds is 13. The average Bonchev–Trinajstić information content (AvgIpc) is 3.35. The molecule has 0 radical (unpaired) electrons. The standard InChI is InChI=1S/C18H15ClFNO3.C14H20ClNO2.C3H8NO5P/c1-3-10(2)24-16-9-15(14(20)8-13(16)19)21-17(22)11-6-4-5-7-12(11)18(21)23;1-4-12-8-6-7-11(3)14(12)16(10-18-5-2)13(17)9-15;5-3(6)1-4-2-10(7,8)9/h1,8-10H,4-7H2,2H3;6-8H,4-5,9-10H2,1-3H3;4H,1-2H2,(H,5,6)(H2,7,8,9). The van der Waals surface area contributed by atoms with Crippen molar-refractivity contribution in [2.45, 2.75) is 65.9 Å². The zero-order valence-electron chi connectivity index (χ0n) is 29.3. The maximum Gasteiger partial charge on any atom is 0.339 e. The van der Waals surface area contributed by atoms with Gasteiger partial charge in [-0.2, -0.15) is 0 Å². The smallest absolute Gasteiger partial charge is 0.339 e. The number of carboxylic acid groups (broad SMARTS) is 1. The van der Waals surface area contributed by atoms with Crippen LogP contribution in [0.25, 0.3) is 0 Å². The van der Waals surface area contributed by atoms with Crippen molar-refractivity contribution in [2.24, 2.45) is 0 Å². The van der Waals surface area contributed by atoms with E-state index in [1.807, 2.05) is 32.0 Å². The lowest BCUT2D eigenvalue weighted by Crippen LogP contribution is -2.35. The van der Waals surface area contributed by atoms with Gasteiger partial charge in [0.05, 0.1) is 29.2 Å². The number of nitrogens with one attached hydrogen (secondary N) is 1. The summed E-state index contributed by atoms with van der Waals surface area (Å²) in [5.74, 6) is -0.505. The lowest BCUT2D eigenvalue weighted by molar-refractivity contribution is -0.136. The van der Waals surface area contributed by atoms with Gasteiger partial charge in [0.2, 0.25) is 5.91 Å². The van der Waals surface area contributed by atoms with E-state index in [9.17, 15) is 28.1 Å². The Hall–Kier alpha value is -3.80. The highest BCUT2D eigenvalue weighted by Gasteiger charge is 2.41. The van der Waals surface area contributed by atoms with Gasteiger partial charge in [0.25, 0.3) is 11.8 Å². The van der Waals surface area contributed by atoms with Crippen LogP contribution in [-0.2, 0) is 34.9 Å². The lowest BCUT2D eigenvalue weighted by Gasteiger charge is -2.25. The van der Waals surface area contributed by atoms with Crippen molar-refractivity contribution in [3.63, 3.8) is 0 Å². The molecule has 0 saturated carbocycles. The zero-order valence-corrected chi connectivity index (χ0v) is 31.7. The maximum atomic E-state index is 14.4. The molecule has 1 atom stereocenters. The number of benzene rings is 2. The van der Waals surface area contributed by atoms with Crippen molar-refractivity contribution >= 4 is 65.9 Å². The number of alkyl halides is 1. The highest BCUT2D eigenvalue weighted by molar-refractivity contribution is 7.51. The Morgan fingerprint density at radius 3 is 2.27 bits per heavy atom. The van der Waals surface area contributed by atoms with E-state index in [0.717, 1.165) is 47.0 Å². The molecule has 0 bridgehead atoms. The van der Waals surface area contributed by atoms with E-state index >= 15 is 0 Å². The van der Waals surface area contributed by atoms with E-state index in [1.165, 1.54) is 6.07 Å². The Morgan fingerprint density at radius 1 is 1.15 bits per heavy atom. The highest BCUT2D eigenvalue weighted by Crippen LogP contribution is 2.40. The normalized spacial score (nSPS) is 14.3. The third kappa shape index (κ3) is 12.7. The van der Waals surface area contributed by atoms with Crippen molar-refractivity contribution in [3.8, 4) is 18.1 Å². The maximum absolute atomic E-state index is 14.4. The third-order valence-corrected chi connectivity index (χ3v) is 8.74. The lowest BCUT2D eigenvalue weighted by atomic mass is 9.93. The molecular formula is C35H43Cl2FN3O10P. The summed E-state index contributed by atoms with van der Waals surface area (Å²) in [7, 11) is -4.10. The van der Waals surface area contributed by atoms with Crippen LogP contribution in [0.2, 0.25) is 5.02 Å². The van der Waals surface area contributed by atoms with Gasteiger partial charge in [0.15, 0.2) is 6.10 Å². The van der Waals surface area contributed by atoms with Gasteiger partial charge in [0, 0.05) is 23.8 Å². The zero-order chi connectivity index (χ0) is 39.2. The average molecular weight is 787 g/mol. The van der Waals surface area contributed by atoms with Gasteiger partial charge < -0.3 is 24.4 Å². The molecule has 2 aromatic carbocycles. The van der Waals surface area contributed by atoms with Crippen LogP contribution in [-0.4, -0.2) is 76.7 Å². The van der Waals surface area contributed by atoms with Crippen molar-refractivity contribution in [2.75, 3.05) is 41.8 Å². The number of hydrogen-bond acceptors (Lipinski definition) is 8. The fourth-order valence-electron chi connectivity index (χ4n) is 5.18. The molecule has 3 amide bonds. The van der Waals surface area contributed by atoms with Crippen molar-refractivity contribution in [1.82, 2.24) is 5.32 Å². The van der Waals surface area contributed by atoms with Crippen LogP contribution in [0.1, 0.15) is 57.6 Å². The second-order valence-corrected chi connectivity index (χ2v) is 13.7. The molecular weight excluding hydrogens is 743 g/mol. The van der Waals surface area contributed by atoms with E-state index in [4.69, 9.17) is 54.0 Å². The molecule has 1 unspecified atom stereocenters. The molecule has 52 heavy (non-hydrogen) atoms. The summed E-state index contributed by atoms with van der Waals surface area (Å²) >= 11 is 11.6. The third-order valence-electron chi connectivity index (χ3n) is 7.58. The number of aliphatic carboxylic acids is 1. The van der Waals surface area contributed by atoms with E-state index in [1.54, 1.807) is 11.8 Å². The number of carboxylic acids is 1. The molecule has 4 rings (SSSR count). The molecule has 4 N–H and O–H groups in total. The number of carbonyl (C=O) groups excluding carboxylic acids is 3. The number of para-hydroxylation sites is 1. The number of aryl methyl sites for hydroxylation is 2. The van der Waals surface area contributed by atoms with Crippen LogP contribution in [0.15, 0.2) is 41.5 Å². The number of halogens is 3. The minimum Gasteiger partial charge on any atom is -0.480 e. The number of terminal acetylenes is 1. The number of amides is 3.